The van der Waals surface area contributed by atoms with Crippen LogP contribution in [0.5, 0.6) is 0 Å². The fourth-order valence-corrected chi connectivity index (χ4v) is 2.56. The monoisotopic (exact) mass is 284 g/mol. The van der Waals surface area contributed by atoms with E-state index in [4.69, 9.17) is 11.6 Å². The first-order chi connectivity index (χ1) is 8.97. The molecule has 2 rings (SSSR count). The molecule has 1 aromatic rings. The number of nitrogens with zero attached hydrogens (tertiary/aromatic N) is 1. The van der Waals surface area contributed by atoms with Crippen LogP contribution in [0.3, 0.4) is 0 Å². The Balaban J connectivity index is 2.14. The van der Waals surface area contributed by atoms with E-state index in [9.17, 15) is 9.18 Å². The molecule has 1 aromatic carbocycles. The van der Waals surface area contributed by atoms with Gasteiger partial charge in [-0.3, -0.25) is 4.79 Å². The summed E-state index contributed by atoms with van der Waals surface area (Å²) < 4.78 is 13.7. The summed E-state index contributed by atoms with van der Waals surface area (Å²) in [6.45, 7) is 3.35. The molecule has 104 valence electrons. The molecule has 19 heavy (non-hydrogen) atoms. The fourth-order valence-electron chi connectivity index (χ4n) is 2.31. The number of rotatable bonds is 2. The molecule has 0 saturated carbocycles. The zero-order chi connectivity index (χ0) is 14.0. The average molecular weight is 285 g/mol. The van der Waals surface area contributed by atoms with Crippen LogP contribution in [-0.4, -0.2) is 36.5 Å². The second-order valence-electron chi connectivity index (χ2n) is 5.20. The Morgan fingerprint density at radius 2 is 2.05 bits per heavy atom. The van der Waals surface area contributed by atoms with Crippen LogP contribution >= 0.6 is 11.6 Å². The van der Waals surface area contributed by atoms with Crippen molar-refractivity contribution in [1.29, 1.82) is 0 Å². The summed E-state index contributed by atoms with van der Waals surface area (Å²) in [5.41, 5.74) is 0.0349. The fraction of sp³-hybridized carbons (Fsp3) is 0.500. The summed E-state index contributed by atoms with van der Waals surface area (Å²) in [6.07, 6.45) is 1.70. The largest absolute Gasteiger partial charge is 0.338 e. The van der Waals surface area contributed by atoms with Crippen molar-refractivity contribution in [2.75, 3.05) is 20.1 Å². The van der Waals surface area contributed by atoms with Crippen molar-refractivity contribution in [3.63, 3.8) is 0 Å². The van der Waals surface area contributed by atoms with E-state index in [-0.39, 0.29) is 22.0 Å². The first-order valence-electron chi connectivity index (χ1n) is 6.39. The first kappa shape index (κ1) is 14.3. The molecule has 1 heterocycles. The van der Waals surface area contributed by atoms with Gasteiger partial charge in [-0.15, -0.1) is 0 Å². The van der Waals surface area contributed by atoms with Gasteiger partial charge in [0, 0.05) is 18.6 Å². The number of nitrogens with one attached hydrogen (secondary N) is 1. The van der Waals surface area contributed by atoms with Crippen LogP contribution in [0.2, 0.25) is 5.02 Å². The number of benzene rings is 1. The maximum Gasteiger partial charge on any atom is 0.258 e. The van der Waals surface area contributed by atoms with Crippen LogP contribution in [0.25, 0.3) is 0 Å². The van der Waals surface area contributed by atoms with Gasteiger partial charge >= 0.3 is 0 Å². The minimum atomic E-state index is -0.556. The summed E-state index contributed by atoms with van der Waals surface area (Å²) in [4.78, 5) is 14.0. The number of carbonyl (C=O) groups excluding carboxylic acids is 1. The van der Waals surface area contributed by atoms with Gasteiger partial charge < -0.3 is 10.2 Å². The minimum Gasteiger partial charge on any atom is -0.338 e. The van der Waals surface area contributed by atoms with Crippen molar-refractivity contribution in [3.8, 4) is 0 Å². The molecule has 1 N–H and O–H groups in total. The number of carbonyl (C=O) groups is 1. The average Bonchev–Trinajstić information content (AvgIpc) is 2.39. The molecule has 0 aliphatic carbocycles. The third-order valence-electron chi connectivity index (χ3n) is 3.93. The normalized spacial score (nSPS) is 18.4. The maximum atomic E-state index is 13.7. The van der Waals surface area contributed by atoms with Gasteiger partial charge in [0.1, 0.15) is 5.82 Å². The highest BCUT2D eigenvalue weighted by Crippen LogP contribution is 2.25. The van der Waals surface area contributed by atoms with E-state index >= 15 is 0 Å². The second-order valence-corrected chi connectivity index (χ2v) is 5.61. The van der Waals surface area contributed by atoms with Crippen LogP contribution < -0.4 is 5.32 Å². The van der Waals surface area contributed by atoms with Crippen LogP contribution in [0.15, 0.2) is 18.2 Å². The van der Waals surface area contributed by atoms with E-state index in [1.165, 1.54) is 12.1 Å². The quantitative estimate of drug-likeness (QED) is 0.906. The molecule has 1 aliphatic rings. The van der Waals surface area contributed by atoms with Gasteiger partial charge in [-0.1, -0.05) is 17.7 Å². The summed E-state index contributed by atoms with van der Waals surface area (Å²) in [6, 6.07) is 4.31. The SMILES string of the molecule is CNC1(C)CCN(C(=O)c2c(F)cccc2Cl)CC1. The van der Waals surface area contributed by atoms with E-state index in [2.05, 4.69) is 12.2 Å². The molecule has 0 spiro atoms. The van der Waals surface area contributed by atoms with Crippen LogP contribution in [0, 0.1) is 5.82 Å². The Kier molecular flexibility index (Phi) is 4.11. The summed E-state index contributed by atoms with van der Waals surface area (Å²) in [7, 11) is 1.92. The molecule has 1 saturated heterocycles. The highest BCUT2D eigenvalue weighted by Gasteiger charge is 2.32. The van der Waals surface area contributed by atoms with Gasteiger partial charge in [-0.05, 0) is 38.9 Å². The maximum absolute atomic E-state index is 13.7. The second kappa shape index (κ2) is 5.47. The standard InChI is InChI=1S/C14H18ClFN2O/c1-14(17-2)6-8-18(9-7-14)13(19)12-10(15)4-3-5-11(12)16/h3-5,17H,6-9H2,1-2H3. The molecule has 0 atom stereocenters. The Morgan fingerprint density at radius 1 is 1.42 bits per heavy atom. The summed E-state index contributed by atoms with van der Waals surface area (Å²) in [5, 5.41) is 3.44. The highest BCUT2D eigenvalue weighted by atomic mass is 35.5. The van der Waals surface area contributed by atoms with E-state index in [1.54, 1.807) is 11.0 Å². The van der Waals surface area contributed by atoms with Gasteiger partial charge in [0.25, 0.3) is 5.91 Å². The zero-order valence-electron chi connectivity index (χ0n) is 11.2. The predicted molar refractivity (Wildman–Crippen MR) is 74.0 cm³/mol. The van der Waals surface area contributed by atoms with Crippen molar-refractivity contribution in [3.05, 3.63) is 34.6 Å². The molecule has 1 fully saturated rings. The van der Waals surface area contributed by atoms with Crippen LogP contribution in [-0.2, 0) is 0 Å². The van der Waals surface area contributed by atoms with E-state index in [1.807, 2.05) is 7.05 Å². The van der Waals surface area contributed by atoms with Crippen LogP contribution in [0.4, 0.5) is 4.39 Å². The lowest BCUT2D eigenvalue weighted by Gasteiger charge is -2.39. The van der Waals surface area contributed by atoms with Crippen molar-refractivity contribution < 1.29 is 9.18 Å². The lowest BCUT2D eigenvalue weighted by molar-refractivity contribution is 0.0657. The predicted octanol–water partition coefficient (Wildman–Crippen LogP) is 2.69. The smallest absolute Gasteiger partial charge is 0.258 e. The van der Waals surface area contributed by atoms with Crippen molar-refractivity contribution in [2.24, 2.45) is 0 Å². The van der Waals surface area contributed by atoms with Gasteiger partial charge in [-0.2, -0.15) is 0 Å². The van der Waals surface area contributed by atoms with E-state index < -0.39 is 5.82 Å². The number of hydrogen-bond donors (Lipinski definition) is 1. The number of hydrogen-bond acceptors (Lipinski definition) is 2. The van der Waals surface area contributed by atoms with Gasteiger partial charge in [0.15, 0.2) is 0 Å². The van der Waals surface area contributed by atoms with E-state index in [0.29, 0.717) is 13.1 Å². The Labute approximate surface area is 117 Å². The van der Waals surface area contributed by atoms with Gasteiger partial charge in [0.2, 0.25) is 0 Å². The molecular formula is C14H18ClFN2O. The van der Waals surface area contributed by atoms with Gasteiger partial charge in [-0.25, -0.2) is 4.39 Å². The Morgan fingerprint density at radius 3 is 2.58 bits per heavy atom. The lowest BCUT2D eigenvalue weighted by atomic mass is 9.89. The van der Waals surface area contributed by atoms with Crippen molar-refractivity contribution in [2.45, 2.75) is 25.3 Å². The summed E-state index contributed by atoms with van der Waals surface area (Å²) >= 11 is 5.93. The molecule has 0 radical (unpaired) electrons. The Bertz CT molecular complexity index is 464. The molecule has 1 amide bonds. The molecule has 3 nitrogen and oxygen atoms in total. The van der Waals surface area contributed by atoms with E-state index in [0.717, 1.165) is 12.8 Å². The summed E-state index contributed by atoms with van der Waals surface area (Å²) in [5.74, 6) is -0.874. The zero-order valence-corrected chi connectivity index (χ0v) is 11.9. The number of amides is 1. The third kappa shape index (κ3) is 2.90. The molecular weight excluding hydrogens is 267 g/mol. The number of halogens is 2. The lowest BCUT2D eigenvalue weighted by Crippen LogP contribution is -2.51. The van der Waals surface area contributed by atoms with Crippen molar-refractivity contribution in [1.82, 2.24) is 10.2 Å². The molecule has 0 bridgehead atoms. The molecule has 0 unspecified atom stereocenters. The highest BCUT2D eigenvalue weighted by molar-refractivity contribution is 6.33. The van der Waals surface area contributed by atoms with Gasteiger partial charge in [0.05, 0.1) is 10.6 Å². The number of piperidine rings is 1. The Hall–Kier alpha value is -1.13. The number of likely N-dealkylation sites (tertiary alicyclic amines) is 1. The molecule has 1 aliphatic heterocycles. The minimum absolute atomic E-state index is 0.0165. The topological polar surface area (TPSA) is 32.3 Å². The molecule has 5 heteroatoms. The first-order valence-corrected chi connectivity index (χ1v) is 6.77. The molecule has 0 aromatic heterocycles. The van der Waals surface area contributed by atoms with Crippen LogP contribution in [0.1, 0.15) is 30.1 Å². The van der Waals surface area contributed by atoms with Crippen molar-refractivity contribution >= 4 is 17.5 Å². The third-order valence-corrected chi connectivity index (χ3v) is 4.25.